The van der Waals surface area contributed by atoms with Crippen molar-refractivity contribution >= 4 is 24.0 Å². The van der Waals surface area contributed by atoms with Crippen LogP contribution in [0, 0.1) is 11.8 Å². The van der Waals surface area contributed by atoms with Gasteiger partial charge in [-0.05, 0) is 55.4 Å². The zero-order valence-electron chi connectivity index (χ0n) is 26.0. The summed E-state index contributed by atoms with van der Waals surface area (Å²) >= 11 is 0. The fourth-order valence-corrected chi connectivity index (χ4v) is 4.82. The fourth-order valence-electron chi connectivity index (χ4n) is 4.82. The Morgan fingerprint density at radius 1 is 0.696 bits per heavy atom. The highest BCUT2D eigenvalue weighted by Gasteiger charge is 2.25. The molecule has 1 amide bonds. The lowest BCUT2D eigenvalue weighted by atomic mass is 9.80. The standard InChI is InChI=1S/C35H43NO10/c1-3-32(37)43-24-30(22-41-28-11-7-5-8-12-28)45-34(39)20-19-26-15-17-27(18-16-26)21-36-35(40)46-31(25-44-33(38)4-2)23-42-29-13-9-6-10-14-29/h3-14,26-27,30-31H,1-2,15-25H2,(H,36,40). The highest BCUT2D eigenvalue weighted by molar-refractivity contribution is 5.81. The van der Waals surface area contributed by atoms with Crippen LogP contribution >= 0.6 is 0 Å². The normalized spacial score (nSPS) is 16.9. The Hall–Kier alpha value is -4.80. The molecule has 0 spiro atoms. The van der Waals surface area contributed by atoms with Crippen LogP contribution in [0.15, 0.2) is 86.0 Å². The van der Waals surface area contributed by atoms with Gasteiger partial charge in [0.15, 0.2) is 12.2 Å². The van der Waals surface area contributed by atoms with E-state index in [-0.39, 0.29) is 44.7 Å². The van der Waals surface area contributed by atoms with Gasteiger partial charge in [-0.3, -0.25) is 4.79 Å². The van der Waals surface area contributed by atoms with Gasteiger partial charge in [-0.15, -0.1) is 0 Å². The van der Waals surface area contributed by atoms with Crippen molar-refractivity contribution in [2.75, 3.05) is 33.0 Å². The number of hydrogen-bond donors (Lipinski definition) is 1. The van der Waals surface area contributed by atoms with Crippen molar-refractivity contribution in [3.63, 3.8) is 0 Å². The molecule has 2 atom stereocenters. The van der Waals surface area contributed by atoms with E-state index in [9.17, 15) is 19.2 Å². The smallest absolute Gasteiger partial charge is 0.407 e. The summed E-state index contributed by atoms with van der Waals surface area (Å²) in [5.74, 6) is 0.231. The molecule has 11 nitrogen and oxygen atoms in total. The third-order valence-corrected chi connectivity index (χ3v) is 7.34. The Labute approximate surface area is 269 Å². The summed E-state index contributed by atoms with van der Waals surface area (Å²) in [5.41, 5.74) is 0. The number of rotatable bonds is 19. The van der Waals surface area contributed by atoms with Crippen LogP contribution in [0.3, 0.4) is 0 Å². The van der Waals surface area contributed by atoms with Gasteiger partial charge in [0.1, 0.15) is 37.9 Å². The molecule has 3 rings (SSSR count). The molecular weight excluding hydrogens is 594 g/mol. The Kier molecular flexibility index (Phi) is 15.7. The van der Waals surface area contributed by atoms with Crippen molar-refractivity contribution in [1.29, 1.82) is 0 Å². The number of carbonyl (C=O) groups excluding carboxylic acids is 4. The van der Waals surface area contributed by atoms with Crippen molar-refractivity contribution in [2.45, 2.75) is 50.7 Å². The minimum atomic E-state index is -0.807. The highest BCUT2D eigenvalue weighted by Crippen LogP contribution is 2.31. The van der Waals surface area contributed by atoms with Crippen molar-refractivity contribution in [3.8, 4) is 11.5 Å². The monoisotopic (exact) mass is 637 g/mol. The van der Waals surface area contributed by atoms with Gasteiger partial charge in [0.2, 0.25) is 0 Å². The second kappa shape index (κ2) is 20.3. The van der Waals surface area contributed by atoms with E-state index in [4.69, 9.17) is 28.4 Å². The third kappa shape index (κ3) is 14.3. The molecule has 1 saturated carbocycles. The van der Waals surface area contributed by atoms with E-state index in [1.54, 1.807) is 24.3 Å². The molecule has 1 aliphatic rings. The number of ether oxygens (including phenoxy) is 6. The minimum absolute atomic E-state index is 0.0101. The third-order valence-electron chi connectivity index (χ3n) is 7.34. The highest BCUT2D eigenvalue weighted by atomic mass is 16.6. The SMILES string of the molecule is C=CC(=O)OCC(COc1ccccc1)OC(=O)CCC1CCC(CNC(=O)OC(COC(=O)C=C)COc2ccccc2)CC1. The molecule has 0 saturated heterocycles. The zero-order valence-corrected chi connectivity index (χ0v) is 26.0. The number of alkyl carbamates (subject to hydrolysis) is 1. The molecule has 46 heavy (non-hydrogen) atoms. The molecule has 1 aliphatic carbocycles. The second-order valence-corrected chi connectivity index (χ2v) is 10.9. The fraction of sp³-hybridized carbons (Fsp3) is 0.429. The molecule has 0 aliphatic heterocycles. The van der Waals surface area contributed by atoms with Gasteiger partial charge in [-0.25, -0.2) is 14.4 Å². The Bertz CT molecular complexity index is 1150. The lowest BCUT2D eigenvalue weighted by Crippen LogP contribution is -2.37. The number of para-hydroxylation sites is 2. The first kappa shape index (κ1) is 35.7. The van der Waals surface area contributed by atoms with Gasteiger partial charge >= 0.3 is 24.0 Å². The molecule has 1 N–H and O–H groups in total. The largest absolute Gasteiger partial charge is 0.490 e. The number of carbonyl (C=O) groups is 4. The molecule has 2 unspecified atom stereocenters. The zero-order chi connectivity index (χ0) is 33.0. The summed E-state index contributed by atoms with van der Waals surface area (Å²) in [5, 5.41) is 2.81. The van der Waals surface area contributed by atoms with Gasteiger partial charge in [-0.2, -0.15) is 0 Å². The summed E-state index contributed by atoms with van der Waals surface area (Å²) in [7, 11) is 0. The lowest BCUT2D eigenvalue weighted by molar-refractivity contribution is -0.159. The Balaban J connectivity index is 1.36. The molecule has 11 heteroatoms. The van der Waals surface area contributed by atoms with E-state index in [0.29, 0.717) is 30.4 Å². The number of benzene rings is 2. The maximum absolute atomic E-state index is 12.6. The summed E-state index contributed by atoms with van der Waals surface area (Å²) in [4.78, 5) is 48.2. The van der Waals surface area contributed by atoms with E-state index in [1.165, 1.54) is 0 Å². The Morgan fingerprint density at radius 3 is 1.67 bits per heavy atom. The number of esters is 3. The molecule has 2 aromatic carbocycles. The molecule has 1 fully saturated rings. The average molecular weight is 638 g/mol. The van der Waals surface area contributed by atoms with Crippen LogP contribution in [0.25, 0.3) is 0 Å². The molecule has 0 radical (unpaired) electrons. The van der Waals surface area contributed by atoms with Crippen LogP contribution in [-0.4, -0.2) is 69.2 Å². The van der Waals surface area contributed by atoms with Crippen LogP contribution in [0.1, 0.15) is 38.5 Å². The van der Waals surface area contributed by atoms with Gasteiger partial charge < -0.3 is 33.7 Å². The van der Waals surface area contributed by atoms with Crippen LogP contribution < -0.4 is 14.8 Å². The predicted octanol–water partition coefficient (Wildman–Crippen LogP) is 5.20. The van der Waals surface area contributed by atoms with Crippen LogP contribution in [0.2, 0.25) is 0 Å². The molecule has 2 aromatic rings. The van der Waals surface area contributed by atoms with Crippen molar-refractivity contribution < 1.29 is 47.6 Å². The number of nitrogens with one attached hydrogen (secondary N) is 1. The number of amides is 1. The van der Waals surface area contributed by atoms with Crippen LogP contribution in [-0.2, 0) is 33.3 Å². The molecular formula is C35H43NO10. The van der Waals surface area contributed by atoms with Crippen molar-refractivity contribution in [2.24, 2.45) is 11.8 Å². The summed E-state index contributed by atoms with van der Waals surface area (Å²) in [6.07, 6.45) is 4.43. The van der Waals surface area contributed by atoms with Gasteiger partial charge in [0, 0.05) is 25.1 Å². The summed E-state index contributed by atoms with van der Waals surface area (Å²) < 4.78 is 32.6. The maximum atomic E-state index is 12.6. The summed E-state index contributed by atoms with van der Waals surface area (Å²) in [6, 6.07) is 18.1. The van der Waals surface area contributed by atoms with E-state index >= 15 is 0 Å². The first-order valence-electron chi connectivity index (χ1n) is 15.4. The van der Waals surface area contributed by atoms with Crippen molar-refractivity contribution in [1.82, 2.24) is 5.32 Å². The second-order valence-electron chi connectivity index (χ2n) is 10.9. The lowest BCUT2D eigenvalue weighted by Gasteiger charge is -2.28. The van der Waals surface area contributed by atoms with Gasteiger partial charge in [-0.1, -0.05) is 62.4 Å². The van der Waals surface area contributed by atoms with Gasteiger partial charge in [0.25, 0.3) is 0 Å². The van der Waals surface area contributed by atoms with Crippen LogP contribution in [0.5, 0.6) is 11.5 Å². The maximum Gasteiger partial charge on any atom is 0.407 e. The van der Waals surface area contributed by atoms with E-state index in [2.05, 4.69) is 18.5 Å². The Morgan fingerprint density at radius 2 is 1.17 bits per heavy atom. The van der Waals surface area contributed by atoms with E-state index in [1.807, 2.05) is 36.4 Å². The first-order chi connectivity index (χ1) is 22.3. The minimum Gasteiger partial charge on any atom is -0.490 e. The molecule has 0 aromatic heterocycles. The molecule has 248 valence electrons. The topological polar surface area (TPSA) is 136 Å². The van der Waals surface area contributed by atoms with Gasteiger partial charge in [0.05, 0.1) is 0 Å². The summed E-state index contributed by atoms with van der Waals surface area (Å²) in [6.45, 7) is 6.95. The average Bonchev–Trinajstić information content (AvgIpc) is 3.09. The number of hydrogen-bond acceptors (Lipinski definition) is 10. The quantitative estimate of drug-likeness (QED) is 0.124. The molecule has 0 heterocycles. The van der Waals surface area contributed by atoms with E-state index in [0.717, 1.165) is 37.8 Å². The first-order valence-corrected chi connectivity index (χ1v) is 15.4. The predicted molar refractivity (Wildman–Crippen MR) is 169 cm³/mol. The van der Waals surface area contributed by atoms with Crippen LogP contribution in [0.4, 0.5) is 4.79 Å². The van der Waals surface area contributed by atoms with E-state index < -0.39 is 30.2 Å². The van der Waals surface area contributed by atoms with Crippen molar-refractivity contribution in [3.05, 3.63) is 86.0 Å². The molecule has 0 bridgehead atoms.